The molecule has 0 unspecified atom stereocenters. The number of likely N-dealkylation sites (tertiary alicyclic amines) is 1. The van der Waals surface area contributed by atoms with Crippen molar-refractivity contribution >= 4 is 6.03 Å². The van der Waals surface area contributed by atoms with Gasteiger partial charge in [-0.2, -0.15) is 0 Å². The molecular weight excluding hydrogens is 316 g/mol. The van der Waals surface area contributed by atoms with Crippen molar-refractivity contribution in [1.82, 2.24) is 30.3 Å². The number of carbonyl (C=O) groups is 1. The molecule has 2 N–H and O–H groups in total. The largest absolute Gasteiger partial charge is 0.336 e. The van der Waals surface area contributed by atoms with E-state index in [4.69, 9.17) is 0 Å². The van der Waals surface area contributed by atoms with Crippen molar-refractivity contribution in [3.8, 4) is 0 Å². The summed E-state index contributed by atoms with van der Waals surface area (Å²) in [6.45, 7) is 5.95. The molecule has 1 aromatic heterocycles. The van der Waals surface area contributed by atoms with Crippen LogP contribution in [0.2, 0.25) is 0 Å². The second-order valence-electron chi connectivity index (χ2n) is 6.27. The summed E-state index contributed by atoms with van der Waals surface area (Å²) in [5.74, 6) is 0.761. The number of amides is 2. The summed E-state index contributed by atoms with van der Waals surface area (Å²) in [5.41, 5.74) is 1.25. The van der Waals surface area contributed by atoms with E-state index in [0.29, 0.717) is 13.1 Å². The van der Waals surface area contributed by atoms with Crippen molar-refractivity contribution in [1.29, 1.82) is 0 Å². The first-order chi connectivity index (χ1) is 12.3. The van der Waals surface area contributed by atoms with Crippen LogP contribution >= 0.6 is 0 Å². The van der Waals surface area contributed by atoms with E-state index >= 15 is 0 Å². The third-order valence-electron chi connectivity index (χ3n) is 4.67. The average molecular weight is 342 g/mol. The summed E-state index contributed by atoms with van der Waals surface area (Å²) in [7, 11) is 0. The molecule has 1 fully saturated rings. The number of benzene rings is 1. The topological polar surface area (TPSA) is 75.1 Å². The Hall–Kier alpha value is -2.41. The Kier molecular flexibility index (Phi) is 6.00. The van der Waals surface area contributed by atoms with E-state index in [2.05, 4.69) is 50.0 Å². The third-order valence-corrected chi connectivity index (χ3v) is 4.67. The molecule has 2 aromatic rings. The average Bonchev–Trinajstić information content (AvgIpc) is 3.32. The zero-order chi connectivity index (χ0) is 17.5. The van der Waals surface area contributed by atoms with E-state index in [1.54, 1.807) is 6.33 Å². The second-order valence-corrected chi connectivity index (χ2v) is 6.27. The van der Waals surface area contributed by atoms with Crippen LogP contribution in [-0.4, -0.2) is 45.3 Å². The molecule has 1 aliphatic heterocycles. The van der Waals surface area contributed by atoms with Gasteiger partial charge in [0.25, 0.3) is 0 Å². The summed E-state index contributed by atoms with van der Waals surface area (Å²) in [4.78, 5) is 14.6. The standard InChI is InChI=1S/C18H26N6O/c1-2-23-14-21-22-17(23)13-20-18(25)19-12-16(24-10-6-7-11-24)15-8-4-3-5-9-15/h3-5,8-9,14,16H,2,6-7,10-13H2,1H3,(H2,19,20,25)/t16-/m1/s1. The van der Waals surface area contributed by atoms with Gasteiger partial charge in [-0.05, 0) is 38.4 Å². The minimum absolute atomic E-state index is 0.175. The van der Waals surface area contributed by atoms with Crippen LogP contribution in [0.4, 0.5) is 4.79 Å². The van der Waals surface area contributed by atoms with E-state index in [1.165, 1.54) is 18.4 Å². The Labute approximate surface area is 148 Å². The fraction of sp³-hybridized carbons (Fsp3) is 0.500. The highest BCUT2D eigenvalue weighted by atomic mass is 16.2. The smallest absolute Gasteiger partial charge is 0.315 e. The molecule has 3 rings (SSSR count). The number of rotatable bonds is 7. The Morgan fingerprint density at radius 1 is 1.20 bits per heavy atom. The van der Waals surface area contributed by atoms with Crippen molar-refractivity contribution in [2.24, 2.45) is 0 Å². The van der Waals surface area contributed by atoms with Gasteiger partial charge in [-0.15, -0.1) is 10.2 Å². The highest BCUT2D eigenvalue weighted by Crippen LogP contribution is 2.24. The van der Waals surface area contributed by atoms with Crippen LogP contribution in [0.3, 0.4) is 0 Å². The van der Waals surface area contributed by atoms with E-state index in [1.807, 2.05) is 17.6 Å². The lowest BCUT2D eigenvalue weighted by Crippen LogP contribution is -2.41. The van der Waals surface area contributed by atoms with Crippen LogP contribution in [0.5, 0.6) is 0 Å². The summed E-state index contributed by atoms with van der Waals surface area (Å²) < 4.78 is 1.91. The second kappa shape index (κ2) is 8.62. The van der Waals surface area contributed by atoms with Gasteiger partial charge in [0.05, 0.1) is 12.6 Å². The molecule has 7 nitrogen and oxygen atoms in total. The number of carbonyl (C=O) groups excluding carboxylic acids is 1. The molecule has 2 heterocycles. The fourth-order valence-electron chi connectivity index (χ4n) is 3.28. The number of urea groups is 1. The summed E-state index contributed by atoms with van der Waals surface area (Å²) in [5, 5.41) is 13.8. The van der Waals surface area contributed by atoms with Crippen molar-refractivity contribution in [3.05, 3.63) is 48.0 Å². The molecule has 0 saturated carbocycles. The predicted molar refractivity (Wildman–Crippen MR) is 95.9 cm³/mol. The number of hydrogen-bond acceptors (Lipinski definition) is 4. The van der Waals surface area contributed by atoms with Crippen LogP contribution in [0.1, 0.15) is 37.2 Å². The van der Waals surface area contributed by atoms with Crippen molar-refractivity contribution in [2.45, 2.75) is 38.9 Å². The van der Waals surface area contributed by atoms with Crippen LogP contribution in [0.15, 0.2) is 36.7 Å². The molecule has 0 aliphatic carbocycles. The van der Waals surface area contributed by atoms with Crippen molar-refractivity contribution in [2.75, 3.05) is 19.6 Å². The van der Waals surface area contributed by atoms with Gasteiger partial charge in [0.1, 0.15) is 6.33 Å². The molecule has 2 amide bonds. The fourth-order valence-corrected chi connectivity index (χ4v) is 3.28. The lowest BCUT2D eigenvalue weighted by molar-refractivity contribution is 0.220. The molecule has 134 valence electrons. The quantitative estimate of drug-likeness (QED) is 0.806. The van der Waals surface area contributed by atoms with E-state index in [-0.39, 0.29) is 12.1 Å². The SMILES string of the molecule is CCn1cnnc1CNC(=O)NC[C@H](c1ccccc1)N1CCCC1. The number of aryl methyl sites for hydroxylation is 1. The first-order valence-electron chi connectivity index (χ1n) is 8.95. The Bertz CT molecular complexity index is 665. The first-order valence-corrected chi connectivity index (χ1v) is 8.95. The molecule has 0 spiro atoms. The van der Waals surface area contributed by atoms with Crippen LogP contribution in [0.25, 0.3) is 0 Å². The minimum Gasteiger partial charge on any atom is -0.336 e. The highest BCUT2D eigenvalue weighted by Gasteiger charge is 2.23. The molecule has 1 aromatic carbocycles. The van der Waals surface area contributed by atoms with Gasteiger partial charge in [0.2, 0.25) is 0 Å². The molecule has 0 bridgehead atoms. The minimum atomic E-state index is -0.175. The Morgan fingerprint density at radius 2 is 1.96 bits per heavy atom. The third kappa shape index (κ3) is 4.57. The summed E-state index contributed by atoms with van der Waals surface area (Å²) in [6.07, 6.45) is 4.12. The molecule has 7 heteroatoms. The lowest BCUT2D eigenvalue weighted by atomic mass is 10.1. The maximum absolute atomic E-state index is 12.2. The normalized spacial score (nSPS) is 15.9. The first kappa shape index (κ1) is 17.4. The lowest BCUT2D eigenvalue weighted by Gasteiger charge is -2.28. The molecule has 1 atom stereocenters. The molecule has 1 aliphatic rings. The number of nitrogens with zero attached hydrogens (tertiary/aromatic N) is 4. The molecule has 25 heavy (non-hydrogen) atoms. The maximum atomic E-state index is 12.2. The van der Waals surface area contributed by atoms with E-state index in [0.717, 1.165) is 25.5 Å². The van der Waals surface area contributed by atoms with Crippen LogP contribution in [0, 0.1) is 0 Å². The molecule has 0 radical (unpaired) electrons. The molecule has 1 saturated heterocycles. The Balaban J connectivity index is 1.54. The number of aromatic nitrogens is 3. The molecular formula is C18H26N6O. The summed E-state index contributed by atoms with van der Waals surface area (Å²) in [6, 6.07) is 10.4. The van der Waals surface area contributed by atoms with Gasteiger partial charge < -0.3 is 15.2 Å². The van der Waals surface area contributed by atoms with Crippen LogP contribution < -0.4 is 10.6 Å². The summed E-state index contributed by atoms with van der Waals surface area (Å²) >= 11 is 0. The zero-order valence-electron chi connectivity index (χ0n) is 14.7. The number of nitrogens with one attached hydrogen (secondary N) is 2. The van der Waals surface area contributed by atoms with Gasteiger partial charge in [-0.25, -0.2) is 4.79 Å². The zero-order valence-corrected chi connectivity index (χ0v) is 14.7. The van der Waals surface area contributed by atoms with E-state index < -0.39 is 0 Å². The van der Waals surface area contributed by atoms with Gasteiger partial charge in [0.15, 0.2) is 5.82 Å². The van der Waals surface area contributed by atoms with Gasteiger partial charge in [-0.1, -0.05) is 30.3 Å². The highest BCUT2D eigenvalue weighted by molar-refractivity contribution is 5.73. The van der Waals surface area contributed by atoms with Gasteiger partial charge in [0, 0.05) is 13.1 Å². The van der Waals surface area contributed by atoms with Gasteiger partial charge >= 0.3 is 6.03 Å². The maximum Gasteiger partial charge on any atom is 0.315 e. The Morgan fingerprint density at radius 3 is 2.68 bits per heavy atom. The van der Waals surface area contributed by atoms with Crippen molar-refractivity contribution < 1.29 is 4.79 Å². The monoisotopic (exact) mass is 342 g/mol. The van der Waals surface area contributed by atoms with E-state index in [9.17, 15) is 4.79 Å². The van der Waals surface area contributed by atoms with Crippen LogP contribution in [-0.2, 0) is 13.1 Å². The number of hydrogen-bond donors (Lipinski definition) is 2. The predicted octanol–water partition coefficient (Wildman–Crippen LogP) is 1.93. The van der Waals surface area contributed by atoms with Gasteiger partial charge in [-0.3, -0.25) is 4.90 Å². The van der Waals surface area contributed by atoms with Crippen molar-refractivity contribution in [3.63, 3.8) is 0 Å².